The first-order valence-electron chi connectivity index (χ1n) is 8.40. The maximum Gasteiger partial charge on any atom is 0.251 e. The van der Waals surface area contributed by atoms with Gasteiger partial charge in [-0.1, -0.05) is 17.7 Å². The van der Waals surface area contributed by atoms with Gasteiger partial charge in [-0.3, -0.25) is 9.59 Å². The molecule has 0 unspecified atom stereocenters. The van der Waals surface area contributed by atoms with E-state index in [0.717, 1.165) is 36.1 Å². The Labute approximate surface area is 156 Å². The number of primary amides is 1. The predicted molar refractivity (Wildman–Crippen MR) is 105 cm³/mol. The minimum Gasteiger partial charge on any atom is -0.365 e. The molecule has 2 aromatic rings. The molecule has 0 fully saturated rings. The number of hydrogen-bond donors (Lipinski definition) is 2. The highest BCUT2D eigenvalue weighted by molar-refractivity contribution is 8.00. The van der Waals surface area contributed by atoms with E-state index in [1.54, 1.807) is 0 Å². The van der Waals surface area contributed by atoms with Gasteiger partial charge in [-0.2, -0.15) is 0 Å². The summed E-state index contributed by atoms with van der Waals surface area (Å²) in [6, 6.07) is 6.20. The van der Waals surface area contributed by atoms with Crippen molar-refractivity contribution in [2.45, 2.75) is 44.4 Å². The number of nitrogens with one attached hydrogen (secondary N) is 1. The molecule has 3 N–H and O–H groups in total. The van der Waals surface area contributed by atoms with E-state index in [1.165, 1.54) is 39.1 Å². The zero-order valence-electron chi connectivity index (χ0n) is 14.5. The molecule has 3 rings (SSSR count). The van der Waals surface area contributed by atoms with Gasteiger partial charge in [0.25, 0.3) is 5.91 Å². The van der Waals surface area contributed by atoms with Crippen LogP contribution in [0.4, 0.5) is 5.00 Å². The normalized spacial score (nSPS) is 13.4. The van der Waals surface area contributed by atoms with E-state index >= 15 is 0 Å². The Bertz CT molecular complexity index is 827. The van der Waals surface area contributed by atoms with Gasteiger partial charge < -0.3 is 11.1 Å². The summed E-state index contributed by atoms with van der Waals surface area (Å²) in [5, 5.41) is 3.52. The average molecular weight is 375 g/mol. The molecule has 2 amide bonds. The SMILES string of the molecule is Cc1ccc(SCC(=O)Nc2sc3c(c2C(N)=O)CCCC3)c(C)c1. The summed E-state index contributed by atoms with van der Waals surface area (Å²) in [6.07, 6.45) is 4.03. The predicted octanol–water partition coefficient (Wildman–Crippen LogP) is 4.07. The van der Waals surface area contributed by atoms with Crippen LogP contribution in [0.15, 0.2) is 23.1 Å². The molecule has 0 aliphatic heterocycles. The molecule has 0 spiro atoms. The van der Waals surface area contributed by atoms with Crippen LogP contribution in [0, 0.1) is 13.8 Å². The van der Waals surface area contributed by atoms with Crippen molar-refractivity contribution in [3.05, 3.63) is 45.3 Å². The molecule has 6 heteroatoms. The number of fused-ring (bicyclic) bond motifs is 1. The van der Waals surface area contributed by atoms with Crippen LogP contribution in [-0.2, 0) is 17.6 Å². The quantitative estimate of drug-likeness (QED) is 0.775. The smallest absolute Gasteiger partial charge is 0.251 e. The molecule has 132 valence electrons. The van der Waals surface area contributed by atoms with E-state index in [0.29, 0.717) is 16.3 Å². The number of aryl methyl sites for hydroxylation is 3. The number of thioether (sulfide) groups is 1. The molecular formula is C19H22N2O2S2. The average Bonchev–Trinajstić information content (AvgIpc) is 2.91. The first kappa shape index (κ1) is 18.0. The first-order chi connectivity index (χ1) is 12.0. The van der Waals surface area contributed by atoms with Gasteiger partial charge in [0.1, 0.15) is 5.00 Å². The van der Waals surface area contributed by atoms with Gasteiger partial charge in [0.05, 0.1) is 11.3 Å². The molecule has 4 nitrogen and oxygen atoms in total. The Balaban J connectivity index is 1.70. The van der Waals surface area contributed by atoms with Crippen molar-refractivity contribution in [3.63, 3.8) is 0 Å². The van der Waals surface area contributed by atoms with Gasteiger partial charge in [-0.15, -0.1) is 23.1 Å². The van der Waals surface area contributed by atoms with Crippen molar-refractivity contribution in [2.24, 2.45) is 5.73 Å². The number of rotatable bonds is 5. The number of benzene rings is 1. The minimum absolute atomic E-state index is 0.105. The van der Waals surface area contributed by atoms with Gasteiger partial charge in [-0.25, -0.2) is 0 Å². The summed E-state index contributed by atoms with van der Waals surface area (Å²) in [4.78, 5) is 26.5. The van der Waals surface area contributed by atoms with Crippen LogP contribution in [0.25, 0.3) is 0 Å². The van der Waals surface area contributed by atoms with Gasteiger partial charge in [-0.05, 0) is 56.7 Å². The molecule has 0 radical (unpaired) electrons. The van der Waals surface area contributed by atoms with Crippen LogP contribution in [0.3, 0.4) is 0 Å². The third kappa shape index (κ3) is 4.07. The van der Waals surface area contributed by atoms with E-state index in [9.17, 15) is 9.59 Å². The summed E-state index contributed by atoms with van der Waals surface area (Å²) in [7, 11) is 0. The number of nitrogens with two attached hydrogens (primary N) is 1. The minimum atomic E-state index is -0.447. The molecule has 0 saturated heterocycles. The maximum atomic E-state index is 12.4. The van der Waals surface area contributed by atoms with Crippen LogP contribution >= 0.6 is 23.1 Å². The van der Waals surface area contributed by atoms with E-state index in [2.05, 4.69) is 18.3 Å². The molecule has 1 aliphatic rings. The van der Waals surface area contributed by atoms with E-state index in [-0.39, 0.29) is 5.91 Å². The second kappa shape index (κ2) is 7.62. The van der Waals surface area contributed by atoms with Crippen molar-refractivity contribution in [1.82, 2.24) is 0 Å². The van der Waals surface area contributed by atoms with E-state index in [4.69, 9.17) is 5.73 Å². The van der Waals surface area contributed by atoms with Crippen LogP contribution in [0.1, 0.15) is 44.8 Å². The van der Waals surface area contributed by atoms with Gasteiger partial charge in [0, 0.05) is 9.77 Å². The topological polar surface area (TPSA) is 72.2 Å². The zero-order valence-corrected chi connectivity index (χ0v) is 16.1. The first-order valence-corrected chi connectivity index (χ1v) is 10.2. The fraction of sp³-hybridized carbons (Fsp3) is 0.368. The van der Waals surface area contributed by atoms with Crippen LogP contribution < -0.4 is 11.1 Å². The van der Waals surface area contributed by atoms with Crippen molar-refractivity contribution in [3.8, 4) is 0 Å². The van der Waals surface area contributed by atoms with E-state index in [1.807, 2.05) is 19.1 Å². The number of hydrogen-bond acceptors (Lipinski definition) is 4. The van der Waals surface area contributed by atoms with E-state index < -0.39 is 5.91 Å². The van der Waals surface area contributed by atoms with Gasteiger partial charge >= 0.3 is 0 Å². The number of amides is 2. The molecular weight excluding hydrogens is 352 g/mol. The summed E-state index contributed by atoms with van der Waals surface area (Å²) in [5.41, 5.74) is 9.51. The fourth-order valence-corrected chi connectivity index (χ4v) is 5.30. The summed E-state index contributed by atoms with van der Waals surface area (Å²) in [5.74, 6) is -0.243. The summed E-state index contributed by atoms with van der Waals surface area (Å²) < 4.78 is 0. The number of carbonyl (C=O) groups excluding carboxylic acids is 2. The van der Waals surface area contributed by atoms with Crippen LogP contribution in [-0.4, -0.2) is 17.6 Å². The lowest BCUT2D eigenvalue weighted by Gasteiger charge is -2.11. The van der Waals surface area contributed by atoms with Crippen LogP contribution in [0.2, 0.25) is 0 Å². The Kier molecular flexibility index (Phi) is 5.49. The monoisotopic (exact) mass is 374 g/mol. The third-order valence-electron chi connectivity index (χ3n) is 4.36. The highest BCUT2D eigenvalue weighted by atomic mass is 32.2. The second-order valence-corrected chi connectivity index (χ2v) is 8.51. The summed E-state index contributed by atoms with van der Waals surface area (Å²) >= 11 is 3.01. The van der Waals surface area contributed by atoms with Crippen LogP contribution in [0.5, 0.6) is 0 Å². The van der Waals surface area contributed by atoms with Crippen molar-refractivity contribution in [1.29, 1.82) is 0 Å². The molecule has 0 atom stereocenters. The molecule has 1 aliphatic carbocycles. The molecule has 1 heterocycles. The van der Waals surface area contributed by atoms with Crippen molar-refractivity contribution in [2.75, 3.05) is 11.1 Å². The van der Waals surface area contributed by atoms with Gasteiger partial charge in [0.15, 0.2) is 0 Å². The highest BCUT2D eigenvalue weighted by Crippen LogP contribution is 2.38. The Morgan fingerprint density at radius 1 is 1.24 bits per heavy atom. The highest BCUT2D eigenvalue weighted by Gasteiger charge is 2.24. The Morgan fingerprint density at radius 3 is 2.72 bits per heavy atom. The lowest BCUT2D eigenvalue weighted by atomic mass is 9.95. The molecule has 1 aromatic carbocycles. The molecule has 25 heavy (non-hydrogen) atoms. The summed E-state index contributed by atoms with van der Waals surface area (Å²) in [6.45, 7) is 4.10. The third-order valence-corrected chi connectivity index (χ3v) is 6.74. The second-order valence-electron chi connectivity index (χ2n) is 6.39. The number of anilines is 1. The number of thiophene rings is 1. The fourth-order valence-electron chi connectivity index (χ4n) is 3.18. The van der Waals surface area contributed by atoms with Crippen molar-refractivity contribution < 1.29 is 9.59 Å². The Morgan fingerprint density at radius 2 is 2.00 bits per heavy atom. The molecule has 0 bridgehead atoms. The number of carbonyl (C=O) groups is 2. The molecule has 0 saturated carbocycles. The van der Waals surface area contributed by atoms with Crippen molar-refractivity contribution >= 4 is 39.9 Å². The Hall–Kier alpha value is -1.79. The zero-order chi connectivity index (χ0) is 18.0. The molecule has 1 aromatic heterocycles. The standard InChI is InChI=1S/C19H22N2O2S2/c1-11-7-8-14(12(2)9-11)24-10-16(22)21-19-17(18(20)23)13-5-3-4-6-15(13)25-19/h7-9H,3-6,10H2,1-2H3,(H2,20,23)(H,21,22). The lowest BCUT2D eigenvalue weighted by Crippen LogP contribution is -2.19. The lowest BCUT2D eigenvalue weighted by molar-refractivity contribution is -0.113. The largest absolute Gasteiger partial charge is 0.365 e. The maximum absolute atomic E-state index is 12.4. The van der Waals surface area contributed by atoms with Gasteiger partial charge in [0.2, 0.25) is 5.91 Å².